The Morgan fingerprint density at radius 1 is 1.07 bits per heavy atom. The molecule has 1 aromatic carbocycles. The summed E-state index contributed by atoms with van der Waals surface area (Å²) >= 11 is 0. The normalized spacial score (nSPS) is 12.1. The number of Topliss-reactive ketones (excluding diaryl/α,β-unsaturated/α-hetero) is 1. The molecular weight excluding hydrogens is 338 g/mol. The number of hydrogen-bond donors (Lipinski definition) is 2. The van der Waals surface area contributed by atoms with Crippen molar-refractivity contribution in [3.63, 3.8) is 0 Å². The molecule has 0 amide bonds. The number of aryl methyl sites for hydroxylation is 1. The van der Waals surface area contributed by atoms with Gasteiger partial charge < -0.3 is 15.6 Å². The molecule has 0 bridgehead atoms. The molecule has 0 aromatic heterocycles. The average molecular weight is 378 g/mol. The zero-order chi connectivity index (χ0) is 19.9. The predicted octanol–water partition coefficient (Wildman–Crippen LogP) is 5.45. The average Bonchev–Trinajstić information content (AvgIpc) is 2.66. The van der Waals surface area contributed by atoms with Crippen molar-refractivity contribution in [3.8, 4) is 5.75 Å². The molecule has 0 aliphatic carbocycles. The molecule has 4 nitrogen and oxygen atoms in total. The summed E-state index contributed by atoms with van der Waals surface area (Å²) in [5.74, 6) is 0.763. The van der Waals surface area contributed by atoms with Crippen molar-refractivity contribution >= 4 is 11.5 Å². The van der Waals surface area contributed by atoms with Gasteiger partial charge in [0.05, 0.1) is 18.9 Å². The molecule has 0 saturated heterocycles. The van der Waals surface area contributed by atoms with Gasteiger partial charge in [-0.25, -0.2) is 0 Å². The van der Waals surface area contributed by atoms with Gasteiger partial charge in [0.15, 0.2) is 0 Å². The number of ether oxygens (including phenoxy) is 1. The molecule has 0 fully saturated rings. The Labute approximate surface area is 165 Å². The highest BCUT2D eigenvalue weighted by Crippen LogP contribution is 2.23. The number of nitrogens with two attached hydrogens (primary N) is 1. The minimum Gasteiger partial charge on any atom is -0.495 e. The first kappa shape index (κ1) is 23.5. The molecule has 0 aliphatic rings. The Morgan fingerprint density at radius 3 is 2.33 bits per heavy atom. The number of nitrogen functional groups attached to an aromatic ring is 1. The van der Waals surface area contributed by atoms with Crippen molar-refractivity contribution in [2.24, 2.45) is 0 Å². The third kappa shape index (κ3) is 11.0. The predicted molar refractivity (Wildman–Crippen MR) is 113 cm³/mol. The number of carbonyl (C=O) groups is 1. The number of rotatable bonds is 16. The van der Waals surface area contributed by atoms with Crippen LogP contribution in [0.4, 0.5) is 5.69 Å². The van der Waals surface area contributed by atoms with Gasteiger partial charge in [0, 0.05) is 12.8 Å². The van der Waals surface area contributed by atoms with Crippen LogP contribution in [-0.4, -0.2) is 24.1 Å². The molecule has 1 rings (SSSR count). The van der Waals surface area contributed by atoms with Crippen LogP contribution < -0.4 is 10.5 Å². The first-order valence-electron chi connectivity index (χ1n) is 10.7. The van der Waals surface area contributed by atoms with Crippen molar-refractivity contribution in [1.82, 2.24) is 0 Å². The van der Waals surface area contributed by atoms with Crippen LogP contribution in [0, 0.1) is 0 Å². The molecule has 0 spiro atoms. The van der Waals surface area contributed by atoms with Gasteiger partial charge in [-0.2, -0.15) is 0 Å². The first-order chi connectivity index (χ1) is 13.1. The number of unbranched alkanes of at least 4 members (excludes halogenated alkanes) is 8. The molecule has 3 N–H and O–H groups in total. The Balaban J connectivity index is 2.09. The van der Waals surface area contributed by atoms with Gasteiger partial charge in [-0.15, -0.1) is 0 Å². The summed E-state index contributed by atoms with van der Waals surface area (Å²) < 4.78 is 5.20. The largest absolute Gasteiger partial charge is 0.495 e. The smallest absolute Gasteiger partial charge is 0.142 e. The maximum Gasteiger partial charge on any atom is 0.142 e. The first-order valence-corrected chi connectivity index (χ1v) is 10.7. The van der Waals surface area contributed by atoms with Gasteiger partial charge in [0.1, 0.15) is 11.5 Å². The number of ketones is 1. The molecule has 1 atom stereocenters. The van der Waals surface area contributed by atoms with Crippen LogP contribution >= 0.6 is 0 Å². The van der Waals surface area contributed by atoms with Gasteiger partial charge in [-0.05, 0) is 30.5 Å². The van der Waals surface area contributed by atoms with Crippen LogP contribution in [0.3, 0.4) is 0 Å². The highest BCUT2D eigenvalue weighted by molar-refractivity contribution is 5.79. The summed E-state index contributed by atoms with van der Waals surface area (Å²) in [7, 11) is 1.59. The zero-order valence-corrected chi connectivity index (χ0v) is 17.3. The standard InChI is InChI=1S/C23H39NO3/c1-3-4-5-6-7-8-9-10-11-12-20(25)18-21(26)15-13-19-14-16-22(24)23(17-19)27-2/h14,16-17,20,25H,3-13,15,18,24H2,1-2H3. The molecule has 1 aromatic rings. The van der Waals surface area contributed by atoms with E-state index in [0.29, 0.717) is 24.3 Å². The van der Waals surface area contributed by atoms with E-state index in [1.165, 1.54) is 44.9 Å². The number of carbonyl (C=O) groups excluding carboxylic acids is 1. The van der Waals surface area contributed by atoms with Crippen LogP contribution in [0.1, 0.15) is 89.5 Å². The van der Waals surface area contributed by atoms with Crippen LogP contribution in [-0.2, 0) is 11.2 Å². The van der Waals surface area contributed by atoms with Gasteiger partial charge in [-0.3, -0.25) is 4.79 Å². The molecule has 154 valence electrons. The Kier molecular flexibility index (Phi) is 12.6. The fraction of sp³-hybridized carbons (Fsp3) is 0.696. The number of benzene rings is 1. The zero-order valence-electron chi connectivity index (χ0n) is 17.3. The topological polar surface area (TPSA) is 72.5 Å². The lowest BCUT2D eigenvalue weighted by molar-refractivity contribution is -0.121. The minimum atomic E-state index is -0.497. The van der Waals surface area contributed by atoms with Crippen molar-refractivity contribution in [1.29, 1.82) is 0 Å². The Bertz CT molecular complexity index is 530. The Hall–Kier alpha value is -1.55. The number of aliphatic hydroxyl groups is 1. The van der Waals surface area contributed by atoms with Crippen molar-refractivity contribution in [2.45, 2.75) is 96.5 Å². The number of methoxy groups -OCH3 is 1. The highest BCUT2D eigenvalue weighted by atomic mass is 16.5. The number of anilines is 1. The maximum absolute atomic E-state index is 12.1. The maximum atomic E-state index is 12.1. The van der Waals surface area contributed by atoms with E-state index in [-0.39, 0.29) is 12.2 Å². The van der Waals surface area contributed by atoms with E-state index in [1.54, 1.807) is 13.2 Å². The summed E-state index contributed by atoms with van der Waals surface area (Å²) in [6.07, 6.45) is 13.0. The molecular formula is C23H39NO3. The van der Waals surface area contributed by atoms with Crippen LogP contribution in [0.25, 0.3) is 0 Å². The molecule has 0 radical (unpaired) electrons. The molecule has 0 heterocycles. The molecule has 0 saturated carbocycles. The lowest BCUT2D eigenvalue weighted by Crippen LogP contribution is -2.14. The summed E-state index contributed by atoms with van der Waals surface area (Å²) in [5, 5.41) is 10.1. The van der Waals surface area contributed by atoms with E-state index >= 15 is 0 Å². The van der Waals surface area contributed by atoms with Crippen LogP contribution in [0.5, 0.6) is 5.75 Å². The van der Waals surface area contributed by atoms with Crippen LogP contribution in [0.2, 0.25) is 0 Å². The van der Waals surface area contributed by atoms with E-state index in [0.717, 1.165) is 24.8 Å². The van der Waals surface area contributed by atoms with Crippen molar-refractivity contribution < 1.29 is 14.6 Å². The number of aliphatic hydroxyl groups excluding tert-OH is 1. The summed E-state index contributed by atoms with van der Waals surface area (Å²) in [5.41, 5.74) is 7.43. The fourth-order valence-electron chi connectivity index (χ4n) is 3.35. The Morgan fingerprint density at radius 2 is 1.70 bits per heavy atom. The molecule has 0 aliphatic heterocycles. The summed E-state index contributed by atoms with van der Waals surface area (Å²) in [6.45, 7) is 2.24. The van der Waals surface area contributed by atoms with E-state index in [1.807, 2.05) is 12.1 Å². The fourth-order valence-corrected chi connectivity index (χ4v) is 3.35. The summed E-state index contributed by atoms with van der Waals surface area (Å²) in [6, 6.07) is 5.60. The molecule has 27 heavy (non-hydrogen) atoms. The van der Waals surface area contributed by atoms with E-state index < -0.39 is 6.10 Å². The second-order valence-corrected chi connectivity index (χ2v) is 7.59. The van der Waals surface area contributed by atoms with Gasteiger partial charge in [0.25, 0.3) is 0 Å². The van der Waals surface area contributed by atoms with Crippen LogP contribution in [0.15, 0.2) is 18.2 Å². The minimum absolute atomic E-state index is 0.120. The quantitative estimate of drug-likeness (QED) is 0.297. The SMILES string of the molecule is CCCCCCCCCCCC(O)CC(=O)CCc1ccc(N)c(OC)c1. The van der Waals surface area contributed by atoms with Crippen molar-refractivity contribution in [2.75, 3.05) is 12.8 Å². The second kappa shape index (κ2) is 14.5. The third-order valence-electron chi connectivity index (χ3n) is 5.09. The van der Waals surface area contributed by atoms with Crippen molar-refractivity contribution in [3.05, 3.63) is 23.8 Å². The molecule has 1 unspecified atom stereocenters. The summed E-state index contributed by atoms with van der Waals surface area (Å²) in [4.78, 5) is 12.1. The highest BCUT2D eigenvalue weighted by Gasteiger charge is 2.11. The third-order valence-corrected chi connectivity index (χ3v) is 5.09. The van der Waals surface area contributed by atoms with E-state index in [4.69, 9.17) is 10.5 Å². The van der Waals surface area contributed by atoms with E-state index in [9.17, 15) is 9.90 Å². The lowest BCUT2D eigenvalue weighted by atomic mass is 10.00. The van der Waals surface area contributed by atoms with E-state index in [2.05, 4.69) is 6.92 Å². The van der Waals surface area contributed by atoms with Gasteiger partial charge in [-0.1, -0.05) is 70.8 Å². The lowest BCUT2D eigenvalue weighted by Gasteiger charge is -2.10. The monoisotopic (exact) mass is 377 g/mol. The number of hydrogen-bond acceptors (Lipinski definition) is 4. The molecule has 4 heteroatoms. The van der Waals surface area contributed by atoms with Gasteiger partial charge >= 0.3 is 0 Å². The second-order valence-electron chi connectivity index (χ2n) is 7.59. The van der Waals surface area contributed by atoms with Gasteiger partial charge in [0.2, 0.25) is 0 Å².